The van der Waals surface area contributed by atoms with E-state index in [1.54, 1.807) is 0 Å². The fraction of sp³-hybridized carbons (Fsp3) is 0.391. The molecular weight excluding hydrogens is 491 g/mol. The summed E-state index contributed by atoms with van der Waals surface area (Å²) in [4.78, 5) is 18.7. The number of nitrogens with zero attached hydrogens (tertiary/aromatic N) is 2. The van der Waals surface area contributed by atoms with Crippen LogP contribution in [0.4, 0.5) is 5.69 Å². The number of nitrogens with two attached hydrogens (primary N) is 1. The number of nitrogens with one attached hydrogen (secondary N) is 1. The van der Waals surface area contributed by atoms with Crippen molar-refractivity contribution in [2.24, 2.45) is 10.7 Å². The number of ether oxygens (including phenoxy) is 1. The van der Waals surface area contributed by atoms with Crippen molar-refractivity contribution in [2.75, 3.05) is 18.4 Å². The van der Waals surface area contributed by atoms with Gasteiger partial charge in [-0.3, -0.25) is 9.79 Å². The number of aliphatic imine (C=N–C) groups is 1. The minimum Gasteiger partial charge on any atom is -0.491 e. The van der Waals surface area contributed by atoms with Gasteiger partial charge in [-0.25, -0.2) is 0 Å². The van der Waals surface area contributed by atoms with Crippen molar-refractivity contribution in [2.45, 2.75) is 45.8 Å². The third-order valence-electron chi connectivity index (χ3n) is 4.81. The molecule has 0 aliphatic carbocycles. The van der Waals surface area contributed by atoms with Gasteiger partial charge in [-0.2, -0.15) is 0 Å². The minimum absolute atomic E-state index is 0. The Hall–Kier alpha value is -2.29. The zero-order valence-corrected chi connectivity index (χ0v) is 20.0. The second-order valence-electron chi connectivity index (χ2n) is 7.52. The summed E-state index contributed by atoms with van der Waals surface area (Å²) >= 11 is 0. The molecule has 6 nitrogen and oxygen atoms in total. The van der Waals surface area contributed by atoms with Crippen LogP contribution in [0.3, 0.4) is 0 Å². The van der Waals surface area contributed by atoms with E-state index >= 15 is 0 Å². The molecule has 30 heavy (non-hydrogen) atoms. The molecule has 0 unspecified atom stereocenters. The summed E-state index contributed by atoms with van der Waals surface area (Å²) in [6.45, 7) is 6.00. The van der Waals surface area contributed by atoms with Gasteiger partial charge >= 0.3 is 0 Å². The summed E-state index contributed by atoms with van der Waals surface area (Å²) in [5.74, 6) is 1.35. The molecule has 0 saturated heterocycles. The summed E-state index contributed by atoms with van der Waals surface area (Å²) in [5.41, 5.74) is 9.41. The zero-order chi connectivity index (χ0) is 20.6. The molecule has 7 heteroatoms. The van der Waals surface area contributed by atoms with Gasteiger partial charge in [0.25, 0.3) is 0 Å². The third-order valence-corrected chi connectivity index (χ3v) is 4.81. The first-order valence-electron chi connectivity index (χ1n) is 10.2. The maximum absolute atomic E-state index is 12.5. The molecule has 162 valence electrons. The van der Waals surface area contributed by atoms with E-state index in [9.17, 15) is 4.79 Å². The highest BCUT2D eigenvalue weighted by molar-refractivity contribution is 14.0. The monoisotopic (exact) mass is 522 g/mol. The molecule has 3 rings (SSSR count). The van der Waals surface area contributed by atoms with Crippen LogP contribution < -0.4 is 15.8 Å². The highest BCUT2D eigenvalue weighted by atomic mass is 127. The molecule has 0 radical (unpaired) electrons. The number of anilines is 1. The molecular formula is C23H31IN4O2. The van der Waals surface area contributed by atoms with Gasteiger partial charge in [0.2, 0.25) is 5.91 Å². The average molecular weight is 522 g/mol. The van der Waals surface area contributed by atoms with Crippen molar-refractivity contribution in [3.8, 4) is 5.75 Å². The Morgan fingerprint density at radius 3 is 2.57 bits per heavy atom. The van der Waals surface area contributed by atoms with Crippen LogP contribution in [0, 0.1) is 0 Å². The first-order chi connectivity index (χ1) is 14.0. The van der Waals surface area contributed by atoms with Crippen molar-refractivity contribution in [3.05, 3.63) is 59.7 Å². The Kier molecular flexibility index (Phi) is 9.42. The number of carbonyl (C=O) groups excluding carboxylic acids is 1. The number of guanidine groups is 1. The first kappa shape index (κ1) is 24.0. The number of rotatable bonds is 7. The zero-order valence-electron chi connectivity index (χ0n) is 17.6. The van der Waals surface area contributed by atoms with Gasteiger partial charge in [0.05, 0.1) is 6.10 Å². The molecule has 0 atom stereocenters. The lowest BCUT2D eigenvalue weighted by Crippen LogP contribution is -2.35. The van der Waals surface area contributed by atoms with Crippen LogP contribution in [-0.2, 0) is 17.8 Å². The van der Waals surface area contributed by atoms with E-state index in [4.69, 9.17) is 10.5 Å². The van der Waals surface area contributed by atoms with Crippen LogP contribution in [-0.4, -0.2) is 36.0 Å². The molecule has 2 aromatic carbocycles. The Morgan fingerprint density at radius 2 is 1.87 bits per heavy atom. The predicted molar refractivity (Wildman–Crippen MR) is 133 cm³/mol. The lowest BCUT2D eigenvalue weighted by atomic mass is 9.99. The van der Waals surface area contributed by atoms with Gasteiger partial charge < -0.3 is 20.7 Å². The van der Waals surface area contributed by atoms with Gasteiger partial charge in [0.15, 0.2) is 5.96 Å². The minimum atomic E-state index is 0. The number of carbonyl (C=O) groups is 1. The predicted octanol–water partition coefficient (Wildman–Crippen LogP) is 4.18. The standard InChI is InChI=1S/C23H30N4O2.HI/c1-17(2)29-21-11-9-20(10-12-21)26-23(24)25-14-5-8-22(28)27-15-13-18-6-3-4-7-19(18)16-27;/h3-4,6-7,9-12,17H,5,8,13-16H2,1-2H3,(H3,24,25,26);1H. The van der Waals surface area contributed by atoms with Crippen LogP contribution in [0.25, 0.3) is 0 Å². The summed E-state index contributed by atoms with van der Waals surface area (Å²) in [5, 5.41) is 3.06. The highest BCUT2D eigenvalue weighted by Gasteiger charge is 2.19. The normalized spacial score (nSPS) is 13.4. The number of halogens is 1. The van der Waals surface area contributed by atoms with E-state index in [0.717, 1.165) is 24.4 Å². The number of hydrogen-bond acceptors (Lipinski definition) is 3. The molecule has 0 bridgehead atoms. The highest BCUT2D eigenvalue weighted by Crippen LogP contribution is 2.19. The summed E-state index contributed by atoms with van der Waals surface area (Å²) < 4.78 is 5.62. The maximum atomic E-state index is 12.5. The summed E-state index contributed by atoms with van der Waals surface area (Å²) in [6, 6.07) is 15.9. The molecule has 1 heterocycles. The lowest BCUT2D eigenvalue weighted by molar-refractivity contribution is -0.132. The van der Waals surface area contributed by atoms with Gasteiger partial charge in [0, 0.05) is 31.7 Å². The van der Waals surface area contributed by atoms with Crippen molar-refractivity contribution < 1.29 is 9.53 Å². The van der Waals surface area contributed by atoms with Crippen LogP contribution in [0.1, 0.15) is 37.8 Å². The van der Waals surface area contributed by atoms with E-state index in [2.05, 4.69) is 28.5 Å². The largest absolute Gasteiger partial charge is 0.491 e. The molecule has 0 fully saturated rings. The van der Waals surface area contributed by atoms with Gasteiger partial charge in [-0.1, -0.05) is 24.3 Å². The lowest BCUT2D eigenvalue weighted by Gasteiger charge is -2.28. The van der Waals surface area contributed by atoms with E-state index in [-0.39, 0.29) is 36.0 Å². The fourth-order valence-corrected chi connectivity index (χ4v) is 3.37. The van der Waals surface area contributed by atoms with E-state index in [1.807, 2.05) is 49.1 Å². The quantitative estimate of drug-likeness (QED) is 0.248. The van der Waals surface area contributed by atoms with Crippen LogP contribution in [0.2, 0.25) is 0 Å². The number of fused-ring (bicyclic) bond motifs is 1. The molecule has 1 aliphatic heterocycles. The summed E-state index contributed by atoms with van der Waals surface area (Å²) in [6.07, 6.45) is 2.24. The van der Waals surface area contributed by atoms with Crippen molar-refractivity contribution >= 4 is 41.5 Å². The Balaban J connectivity index is 0.00000320. The first-order valence-corrected chi connectivity index (χ1v) is 10.2. The van der Waals surface area contributed by atoms with Gasteiger partial charge in [-0.15, -0.1) is 24.0 Å². The number of benzene rings is 2. The smallest absolute Gasteiger partial charge is 0.222 e. The number of amides is 1. The molecule has 0 saturated carbocycles. The van der Waals surface area contributed by atoms with Crippen LogP contribution in [0.15, 0.2) is 53.5 Å². The van der Waals surface area contributed by atoms with Crippen molar-refractivity contribution in [3.63, 3.8) is 0 Å². The SMILES string of the molecule is CC(C)Oc1ccc(NC(N)=NCCCC(=O)N2CCc3ccccc3C2)cc1.I. The van der Waals surface area contributed by atoms with E-state index < -0.39 is 0 Å². The molecule has 1 amide bonds. The average Bonchev–Trinajstić information content (AvgIpc) is 2.71. The molecule has 3 N–H and O–H groups in total. The molecule has 0 aromatic heterocycles. The van der Waals surface area contributed by atoms with Crippen molar-refractivity contribution in [1.29, 1.82) is 0 Å². The third kappa shape index (κ3) is 7.19. The van der Waals surface area contributed by atoms with Gasteiger partial charge in [-0.05, 0) is 62.1 Å². The Morgan fingerprint density at radius 1 is 1.17 bits per heavy atom. The van der Waals surface area contributed by atoms with Crippen molar-refractivity contribution in [1.82, 2.24) is 4.90 Å². The summed E-state index contributed by atoms with van der Waals surface area (Å²) in [7, 11) is 0. The van der Waals surface area contributed by atoms with E-state index in [0.29, 0.717) is 31.9 Å². The van der Waals surface area contributed by atoms with Gasteiger partial charge in [0.1, 0.15) is 5.75 Å². The Bertz CT molecular complexity index is 853. The second-order valence-corrected chi connectivity index (χ2v) is 7.52. The topological polar surface area (TPSA) is 80.0 Å². The van der Waals surface area contributed by atoms with E-state index in [1.165, 1.54) is 11.1 Å². The Labute approximate surface area is 195 Å². The molecule has 2 aromatic rings. The maximum Gasteiger partial charge on any atom is 0.222 e. The fourth-order valence-electron chi connectivity index (χ4n) is 3.37. The van der Waals surface area contributed by atoms with Crippen LogP contribution in [0.5, 0.6) is 5.75 Å². The second kappa shape index (κ2) is 11.8. The molecule has 1 aliphatic rings. The molecule has 0 spiro atoms. The van der Waals surface area contributed by atoms with Crippen LogP contribution >= 0.6 is 24.0 Å². The number of hydrogen-bond donors (Lipinski definition) is 2.